The molecule has 0 aliphatic heterocycles. The van der Waals surface area contributed by atoms with E-state index in [0.717, 1.165) is 5.57 Å². The summed E-state index contributed by atoms with van der Waals surface area (Å²) in [5, 5.41) is 11.7. The molecule has 0 fully saturated rings. The molecule has 2 rings (SSSR count). The lowest BCUT2D eigenvalue weighted by molar-refractivity contribution is 0.0791. The van der Waals surface area contributed by atoms with Crippen LogP contribution in [0.25, 0.3) is 0 Å². The quantitative estimate of drug-likeness (QED) is 0.828. The van der Waals surface area contributed by atoms with Crippen molar-refractivity contribution in [1.29, 1.82) is 0 Å². The number of aliphatic hydroxyl groups is 1. The Kier molecular flexibility index (Phi) is 4.17. The first kappa shape index (κ1) is 14.0. The van der Waals surface area contributed by atoms with Gasteiger partial charge in [0.25, 0.3) is 0 Å². The van der Waals surface area contributed by atoms with E-state index in [1.54, 1.807) is 12.1 Å². The van der Waals surface area contributed by atoms with Crippen LogP contribution in [0.5, 0.6) is 0 Å². The fourth-order valence-corrected chi connectivity index (χ4v) is 2.24. The zero-order valence-corrected chi connectivity index (χ0v) is 12.2. The van der Waals surface area contributed by atoms with Gasteiger partial charge in [0.1, 0.15) is 5.60 Å². The van der Waals surface area contributed by atoms with Crippen LogP contribution in [0.4, 0.5) is 0 Å². The van der Waals surface area contributed by atoms with Crippen LogP contribution in [0.15, 0.2) is 57.3 Å². The molecule has 0 radical (unpaired) electrons. The van der Waals surface area contributed by atoms with Gasteiger partial charge in [0.15, 0.2) is 0 Å². The molecular weight excluding hydrogens is 310 g/mol. The van der Waals surface area contributed by atoms with E-state index >= 15 is 0 Å². The standard InChI is InChI=1S/C14H16BrNO3/c1-10(7-15)13(16)6-14(17,11-2-4-18-8-11)12-3-5-19-9-12/h2-5,8-9,17H,6-7,16H2,1H3/b13-10+. The maximum absolute atomic E-state index is 11.0. The van der Waals surface area contributed by atoms with Crippen LogP contribution in [0.3, 0.4) is 0 Å². The van der Waals surface area contributed by atoms with Gasteiger partial charge in [-0.05, 0) is 24.6 Å². The van der Waals surface area contributed by atoms with Gasteiger partial charge in [-0.2, -0.15) is 0 Å². The number of hydrogen-bond acceptors (Lipinski definition) is 4. The molecule has 2 aromatic heterocycles. The second-order valence-electron chi connectivity index (χ2n) is 4.50. The normalized spacial score (nSPS) is 13.4. The predicted octanol–water partition coefficient (Wildman–Crippen LogP) is 3.13. The third-order valence-corrected chi connectivity index (χ3v) is 4.03. The summed E-state index contributed by atoms with van der Waals surface area (Å²) in [6, 6.07) is 3.45. The van der Waals surface area contributed by atoms with Crippen LogP contribution in [0.2, 0.25) is 0 Å². The van der Waals surface area contributed by atoms with Crippen molar-refractivity contribution in [2.45, 2.75) is 18.9 Å². The zero-order chi connectivity index (χ0) is 13.9. The summed E-state index contributed by atoms with van der Waals surface area (Å²) in [4.78, 5) is 0. The molecule has 19 heavy (non-hydrogen) atoms. The molecule has 4 nitrogen and oxygen atoms in total. The number of furan rings is 2. The average molecular weight is 326 g/mol. The van der Waals surface area contributed by atoms with Crippen molar-refractivity contribution < 1.29 is 13.9 Å². The van der Waals surface area contributed by atoms with Crippen LogP contribution in [-0.4, -0.2) is 10.4 Å². The molecule has 0 aliphatic rings. The summed E-state index contributed by atoms with van der Waals surface area (Å²) < 4.78 is 10.1. The molecule has 0 saturated heterocycles. The third-order valence-electron chi connectivity index (χ3n) is 3.19. The van der Waals surface area contributed by atoms with Gasteiger partial charge in [0.2, 0.25) is 0 Å². The molecule has 2 heterocycles. The Balaban J connectivity index is 2.42. The largest absolute Gasteiger partial charge is 0.472 e. The van der Waals surface area contributed by atoms with E-state index in [2.05, 4.69) is 15.9 Å². The SMILES string of the molecule is C/C(CBr)=C(\N)CC(O)(c1ccoc1)c1ccoc1. The van der Waals surface area contributed by atoms with Gasteiger partial charge in [-0.25, -0.2) is 0 Å². The summed E-state index contributed by atoms with van der Waals surface area (Å²) in [5.41, 5.74) is 7.75. The first-order valence-electron chi connectivity index (χ1n) is 5.85. The first-order chi connectivity index (χ1) is 9.08. The van der Waals surface area contributed by atoms with Crippen molar-refractivity contribution in [2.24, 2.45) is 5.73 Å². The van der Waals surface area contributed by atoms with Gasteiger partial charge in [-0.1, -0.05) is 15.9 Å². The Bertz CT molecular complexity index is 509. The van der Waals surface area contributed by atoms with E-state index in [1.807, 2.05) is 6.92 Å². The van der Waals surface area contributed by atoms with Crippen molar-refractivity contribution in [3.05, 3.63) is 59.6 Å². The number of halogens is 1. The molecule has 0 aromatic carbocycles. The number of hydrogen-bond donors (Lipinski definition) is 2. The number of allylic oxidation sites excluding steroid dienone is 1. The molecular formula is C14H16BrNO3. The van der Waals surface area contributed by atoms with Gasteiger partial charge in [0.05, 0.1) is 25.1 Å². The highest BCUT2D eigenvalue weighted by Gasteiger charge is 2.34. The molecule has 2 aromatic rings. The second kappa shape index (κ2) is 5.67. The Morgan fingerprint density at radius 1 is 1.26 bits per heavy atom. The Morgan fingerprint density at radius 3 is 2.16 bits per heavy atom. The predicted molar refractivity (Wildman–Crippen MR) is 75.7 cm³/mol. The Morgan fingerprint density at radius 2 is 1.79 bits per heavy atom. The van der Waals surface area contributed by atoms with Crippen molar-refractivity contribution in [1.82, 2.24) is 0 Å². The minimum atomic E-state index is -1.24. The zero-order valence-electron chi connectivity index (χ0n) is 10.6. The van der Waals surface area contributed by atoms with Crippen LogP contribution in [-0.2, 0) is 5.60 Å². The minimum Gasteiger partial charge on any atom is -0.472 e. The summed E-state index contributed by atoms with van der Waals surface area (Å²) in [7, 11) is 0. The molecule has 5 heteroatoms. The fourth-order valence-electron chi connectivity index (χ4n) is 1.88. The van der Waals surface area contributed by atoms with Crippen molar-refractivity contribution in [2.75, 3.05) is 5.33 Å². The molecule has 0 unspecified atom stereocenters. The lowest BCUT2D eigenvalue weighted by atomic mass is 9.85. The molecule has 0 atom stereocenters. The van der Waals surface area contributed by atoms with E-state index in [0.29, 0.717) is 22.2 Å². The highest BCUT2D eigenvalue weighted by Crippen LogP contribution is 2.35. The molecule has 3 N–H and O–H groups in total. The molecule has 0 bridgehead atoms. The maximum Gasteiger partial charge on any atom is 0.126 e. The van der Waals surface area contributed by atoms with E-state index in [4.69, 9.17) is 14.6 Å². The summed E-state index contributed by atoms with van der Waals surface area (Å²) in [6.45, 7) is 1.93. The minimum absolute atomic E-state index is 0.281. The Hall–Kier alpha value is -1.46. The van der Waals surface area contributed by atoms with Crippen molar-refractivity contribution in [3.63, 3.8) is 0 Å². The highest BCUT2D eigenvalue weighted by molar-refractivity contribution is 9.09. The lowest BCUT2D eigenvalue weighted by Crippen LogP contribution is -2.29. The molecule has 0 spiro atoms. The van der Waals surface area contributed by atoms with E-state index < -0.39 is 5.60 Å². The van der Waals surface area contributed by atoms with Crippen LogP contribution < -0.4 is 5.73 Å². The average Bonchev–Trinajstić information content (AvgIpc) is 3.09. The van der Waals surface area contributed by atoms with Gasteiger partial charge in [-0.3, -0.25) is 0 Å². The smallest absolute Gasteiger partial charge is 0.126 e. The van der Waals surface area contributed by atoms with Crippen LogP contribution in [0.1, 0.15) is 24.5 Å². The topological polar surface area (TPSA) is 72.5 Å². The van der Waals surface area contributed by atoms with E-state index in [1.165, 1.54) is 25.1 Å². The highest BCUT2D eigenvalue weighted by atomic mass is 79.9. The van der Waals surface area contributed by atoms with E-state index in [9.17, 15) is 5.11 Å². The first-order valence-corrected chi connectivity index (χ1v) is 6.98. The lowest BCUT2D eigenvalue weighted by Gasteiger charge is -2.26. The van der Waals surface area contributed by atoms with Crippen LogP contribution >= 0.6 is 15.9 Å². The molecule has 102 valence electrons. The van der Waals surface area contributed by atoms with Gasteiger partial charge in [0, 0.05) is 28.6 Å². The third kappa shape index (κ3) is 2.77. The maximum atomic E-state index is 11.0. The van der Waals surface area contributed by atoms with Gasteiger partial charge in [-0.15, -0.1) is 0 Å². The summed E-state index contributed by atoms with van der Waals surface area (Å²) >= 11 is 3.36. The van der Waals surface area contributed by atoms with Crippen molar-refractivity contribution >= 4 is 15.9 Å². The molecule has 0 amide bonds. The second-order valence-corrected chi connectivity index (χ2v) is 5.06. The monoisotopic (exact) mass is 325 g/mol. The summed E-state index contributed by atoms with van der Waals surface area (Å²) in [5.74, 6) is 0. The summed E-state index contributed by atoms with van der Waals surface area (Å²) in [6.07, 6.45) is 6.37. The van der Waals surface area contributed by atoms with Gasteiger partial charge < -0.3 is 19.7 Å². The number of nitrogens with two attached hydrogens (primary N) is 1. The van der Waals surface area contributed by atoms with E-state index in [-0.39, 0.29) is 6.42 Å². The number of rotatable bonds is 5. The van der Waals surface area contributed by atoms with Gasteiger partial charge >= 0.3 is 0 Å². The van der Waals surface area contributed by atoms with Crippen LogP contribution in [0, 0.1) is 0 Å². The number of alkyl halides is 1. The molecule has 0 aliphatic carbocycles. The Labute approximate surface area is 120 Å². The van der Waals surface area contributed by atoms with Crippen molar-refractivity contribution in [3.8, 4) is 0 Å². The fraction of sp³-hybridized carbons (Fsp3) is 0.286. The molecule has 0 saturated carbocycles.